The first-order chi connectivity index (χ1) is 9.35. The molecule has 6 nitrogen and oxygen atoms in total. The normalized spacial score (nSPS) is 12.1. The maximum absolute atomic E-state index is 12.0. The van der Waals surface area contributed by atoms with Gasteiger partial charge in [0.25, 0.3) is 0 Å². The van der Waals surface area contributed by atoms with Gasteiger partial charge < -0.3 is 9.64 Å². The molecule has 0 aromatic carbocycles. The van der Waals surface area contributed by atoms with Crippen LogP contribution < -0.4 is 0 Å². The Morgan fingerprint density at radius 2 is 2.10 bits per heavy atom. The van der Waals surface area contributed by atoms with Crippen molar-refractivity contribution in [3.05, 3.63) is 17.5 Å². The molecule has 0 spiro atoms. The van der Waals surface area contributed by atoms with Gasteiger partial charge in [-0.1, -0.05) is 6.92 Å². The summed E-state index contributed by atoms with van der Waals surface area (Å²) in [6.07, 6.45) is 0.367. The van der Waals surface area contributed by atoms with Crippen LogP contribution in [0, 0.1) is 19.8 Å². The Labute approximate surface area is 119 Å². The highest BCUT2D eigenvalue weighted by Gasteiger charge is 2.18. The Morgan fingerprint density at radius 1 is 1.45 bits per heavy atom. The number of rotatable bonds is 6. The van der Waals surface area contributed by atoms with Crippen molar-refractivity contribution in [3.8, 4) is 0 Å². The molecule has 0 saturated carbocycles. The average molecular weight is 281 g/mol. The van der Waals surface area contributed by atoms with Gasteiger partial charge in [-0.15, -0.1) is 0 Å². The largest absolute Gasteiger partial charge is 0.469 e. The van der Waals surface area contributed by atoms with Crippen molar-refractivity contribution < 1.29 is 14.3 Å². The molecule has 0 bridgehead atoms. The summed E-state index contributed by atoms with van der Waals surface area (Å²) in [5, 5.41) is 4.32. The van der Waals surface area contributed by atoms with E-state index in [1.165, 1.54) is 7.11 Å². The van der Waals surface area contributed by atoms with E-state index in [1.807, 2.05) is 24.6 Å². The lowest BCUT2D eigenvalue weighted by Gasteiger charge is -2.20. The molecule has 0 N–H and O–H groups in total. The number of esters is 1. The van der Waals surface area contributed by atoms with E-state index in [9.17, 15) is 9.59 Å². The number of carbonyl (C=O) groups excluding carboxylic acids is 2. The summed E-state index contributed by atoms with van der Waals surface area (Å²) in [5.41, 5.74) is 1.99. The van der Waals surface area contributed by atoms with Crippen LogP contribution in [0.5, 0.6) is 0 Å². The molecule has 0 radical (unpaired) electrons. The molecule has 0 aliphatic rings. The van der Waals surface area contributed by atoms with Crippen molar-refractivity contribution >= 4 is 11.9 Å². The fourth-order valence-electron chi connectivity index (χ4n) is 2.08. The highest BCUT2D eigenvalue weighted by atomic mass is 16.5. The van der Waals surface area contributed by atoms with E-state index < -0.39 is 0 Å². The van der Waals surface area contributed by atoms with Gasteiger partial charge in [0, 0.05) is 32.3 Å². The van der Waals surface area contributed by atoms with Crippen LogP contribution >= 0.6 is 0 Å². The molecule has 112 valence electrons. The highest BCUT2D eigenvalue weighted by Crippen LogP contribution is 2.06. The van der Waals surface area contributed by atoms with E-state index >= 15 is 0 Å². The first-order valence-corrected chi connectivity index (χ1v) is 6.68. The molecule has 20 heavy (non-hydrogen) atoms. The van der Waals surface area contributed by atoms with Crippen molar-refractivity contribution in [3.63, 3.8) is 0 Å². The second kappa shape index (κ2) is 7.07. The number of nitrogens with zero attached hydrogens (tertiary/aromatic N) is 3. The number of methoxy groups -OCH3 is 1. The molecule has 0 fully saturated rings. The third-order valence-electron chi connectivity index (χ3n) is 3.22. The van der Waals surface area contributed by atoms with E-state index in [0.29, 0.717) is 19.5 Å². The van der Waals surface area contributed by atoms with Crippen molar-refractivity contribution in [2.24, 2.45) is 5.92 Å². The Balaban J connectivity index is 2.46. The standard InChI is InChI=1S/C14H23N3O3/c1-10(14(19)20-5)9-16(4)13(18)6-7-17-12(3)8-11(2)15-17/h8,10H,6-7,9H2,1-5H3. The predicted octanol–water partition coefficient (Wildman–Crippen LogP) is 1.16. The number of hydrogen-bond donors (Lipinski definition) is 0. The lowest BCUT2D eigenvalue weighted by Crippen LogP contribution is -2.34. The molecule has 1 aromatic heterocycles. The Morgan fingerprint density at radius 3 is 2.60 bits per heavy atom. The van der Waals surface area contributed by atoms with E-state index in [4.69, 9.17) is 0 Å². The third-order valence-corrected chi connectivity index (χ3v) is 3.22. The van der Waals surface area contributed by atoms with Crippen LogP contribution in [0.4, 0.5) is 0 Å². The zero-order valence-electron chi connectivity index (χ0n) is 12.8. The molecule has 0 saturated heterocycles. The Bertz CT molecular complexity index is 482. The summed E-state index contributed by atoms with van der Waals surface area (Å²) < 4.78 is 6.47. The summed E-state index contributed by atoms with van der Waals surface area (Å²) in [5.74, 6) is -0.626. The van der Waals surface area contributed by atoms with Crippen LogP contribution in [0.25, 0.3) is 0 Å². The van der Waals surface area contributed by atoms with Crippen molar-refractivity contribution in [2.45, 2.75) is 33.7 Å². The molecule has 0 aliphatic carbocycles. The maximum atomic E-state index is 12.0. The van der Waals surface area contributed by atoms with Crippen LogP contribution in [0.2, 0.25) is 0 Å². The predicted molar refractivity (Wildman–Crippen MR) is 75.1 cm³/mol. The van der Waals surface area contributed by atoms with Gasteiger partial charge in [-0.2, -0.15) is 5.10 Å². The lowest BCUT2D eigenvalue weighted by molar-refractivity contribution is -0.146. The van der Waals surface area contributed by atoms with Gasteiger partial charge in [0.05, 0.1) is 18.7 Å². The summed E-state index contributed by atoms with van der Waals surface area (Å²) in [4.78, 5) is 24.9. The molecule has 1 aromatic rings. The van der Waals surface area contributed by atoms with Gasteiger partial charge in [-0.25, -0.2) is 0 Å². The van der Waals surface area contributed by atoms with Crippen LogP contribution in [-0.4, -0.2) is 47.3 Å². The van der Waals surface area contributed by atoms with E-state index in [0.717, 1.165) is 11.4 Å². The second-order valence-electron chi connectivity index (χ2n) is 5.10. The molecule has 1 atom stereocenters. The van der Waals surface area contributed by atoms with Crippen molar-refractivity contribution in [1.82, 2.24) is 14.7 Å². The molecule has 6 heteroatoms. The SMILES string of the molecule is COC(=O)C(C)CN(C)C(=O)CCn1nc(C)cc1C. The zero-order chi connectivity index (χ0) is 15.3. The smallest absolute Gasteiger partial charge is 0.310 e. The van der Waals surface area contributed by atoms with Crippen molar-refractivity contribution in [2.75, 3.05) is 20.7 Å². The number of hydrogen-bond acceptors (Lipinski definition) is 4. The van der Waals surface area contributed by atoms with E-state index in [1.54, 1.807) is 18.9 Å². The minimum absolute atomic E-state index is 0.00620. The number of amides is 1. The second-order valence-corrected chi connectivity index (χ2v) is 5.10. The molecule has 0 aliphatic heterocycles. The summed E-state index contributed by atoms with van der Waals surface area (Å²) in [6.45, 7) is 6.55. The Kier molecular flexibility index (Phi) is 5.73. The third kappa shape index (κ3) is 4.36. The number of aromatic nitrogens is 2. The first kappa shape index (κ1) is 16.2. The van der Waals surface area contributed by atoms with Crippen LogP contribution in [0.1, 0.15) is 24.7 Å². The summed E-state index contributed by atoms with van der Waals surface area (Å²) >= 11 is 0. The molecule has 1 rings (SSSR count). The summed E-state index contributed by atoms with van der Waals surface area (Å²) in [6, 6.07) is 1.98. The van der Waals surface area contributed by atoms with Gasteiger partial charge >= 0.3 is 5.97 Å². The zero-order valence-corrected chi connectivity index (χ0v) is 12.8. The average Bonchev–Trinajstić information content (AvgIpc) is 2.72. The number of aryl methyl sites for hydroxylation is 3. The number of carbonyl (C=O) groups is 2. The lowest BCUT2D eigenvalue weighted by atomic mass is 10.1. The van der Waals surface area contributed by atoms with Crippen LogP contribution in [0.15, 0.2) is 6.07 Å². The Hall–Kier alpha value is -1.85. The molecular formula is C14H23N3O3. The quantitative estimate of drug-likeness (QED) is 0.734. The van der Waals surface area contributed by atoms with Gasteiger partial charge in [-0.05, 0) is 19.9 Å². The van der Waals surface area contributed by atoms with Gasteiger partial charge in [0.1, 0.15) is 0 Å². The first-order valence-electron chi connectivity index (χ1n) is 6.68. The fourth-order valence-corrected chi connectivity index (χ4v) is 2.08. The van der Waals surface area contributed by atoms with Crippen LogP contribution in [0.3, 0.4) is 0 Å². The molecule has 1 unspecified atom stereocenters. The monoisotopic (exact) mass is 281 g/mol. The molecule has 1 heterocycles. The highest BCUT2D eigenvalue weighted by molar-refractivity contribution is 5.77. The molecular weight excluding hydrogens is 258 g/mol. The molecule has 1 amide bonds. The number of ether oxygens (including phenoxy) is 1. The minimum Gasteiger partial charge on any atom is -0.469 e. The van der Waals surface area contributed by atoms with Gasteiger partial charge in [0.2, 0.25) is 5.91 Å². The minimum atomic E-state index is -0.317. The fraction of sp³-hybridized carbons (Fsp3) is 0.643. The maximum Gasteiger partial charge on any atom is 0.310 e. The van der Waals surface area contributed by atoms with Gasteiger partial charge in [-0.3, -0.25) is 14.3 Å². The topological polar surface area (TPSA) is 64.4 Å². The summed E-state index contributed by atoms with van der Waals surface area (Å²) in [7, 11) is 3.05. The van der Waals surface area contributed by atoms with Crippen molar-refractivity contribution in [1.29, 1.82) is 0 Å². The van der Waals surface area contributed by atoms with E-state index in [2.05, 4.69) is 9.84 Å². The van der Waals surface area contributed by atoms with Crippen LogP contribution in [-0.2, 0) is 20.9 Å². The van der Waals surface area contributed by atoms with Gasteiger partial charge in [0.15, 0.2) is 0 Å². The van der Waals surface area contributed by atoms with E-state index in [-0.39, 0.29) is 17.8 Å².